The number of aliphatic hydroxyl groups is 1. The zero-order chi connectivity index (χ0) is 25.2. The van der Waals surface area contributed by atoms with Crippen LogP contribution in [0.25, 0.3) is 11.0 Å². The summed E-state index contributed by atoms with van der Waals surface area (Å²) >= 11 is 0. The van der Waals surface area contributed by atoms with Crippen molar-refractivity contribution in [2.45, 2.75) is 31.3 Å². The summed E-state index contributed by atoms with van der Waals surface area (Å²) in [5.41, 5.74) is 4.47. The number of hydrogen-bond acceptors (Lipinski definition) is 6. The number of β-amino-alcohol motifs (C(OH)–C–C–N with tert-alkyl or cyclic N) is 1. The number of benzene rings is 2. The van der Waals surface area contributed by atoms with Gasteiger partial charge in [-0.3, -0.25) is 0 Å². The summed E-state index contributed by atoms with van der Waals surface area (Å²) in [6.45, 7) is 3.17. The van der Waals surface area contributed by atoms with Crippen molar-refractivity contribution in [2.75, 3.05) is 46.6 Å². The molecule has 2 atom stereocenters. The van der Waals surface area contributed by atoms with Gasteiger partial charge >= 0.3 is 6.03 Å². The van der Waals surface area contributed by atoms with E-state index in [4.69, 9.17) is 0 Å². The molecule has 0 bridgehead atoms. The van der Waals surface area contributed by atoms with Gasteiger partial charge < -0.3 is 30.5 Å². The number of H-pyrrole nitrogens is 1. The molecule has 9 heteroatoms. The lowest BCUT2D eigenvalue weighted by Gasteiger charge is -2.34. The number of carbonyl (C=O) groups excluding carboxylic acids is 1. The number of amides is 2. The van der Waals surface area contributed by atoms with E-state index in [1.165, 1.54) is 5.56 Å². The number of aliphatic hydroxyl groups excluding tert-OH is 1. The van der Waals surface area contributed by atoms with E-state index in [1.54, 1.807) is 6.33 Å². The van der Waals surface area contributed by atoms with Crippen LogP contribution < -0.4 is 20.4 Å². The number of anilines is 4. The van der Waals surface area contributed by atoms with Crippen LogP contribution in [0.4, 0.5) is 27.7 Å². The Hall–Kier alpha value is -4.11. The lowest BCUT2D eigenvalue weighted by atomic mass is 9.90. The van der Waals surface area contributed by atoms with Gasteiger partial charge in [0, 0.05) is 44.0 Å². The topological polar surface area (TPSA) is 109 Å². The highest BCUT2D eigenvalue weighted by molar-refractivity contribution is 6.02. The first-order chi connectivity index (χ1) is 18.1. The lowest BCUT2D eigenvalue weighted by molar-refractivity contribution is 0.198. The molecule has 2 aromatic heterocycles. The highest BCUT2D eigenvalue weighted by Gasteiger charge is 2.25. The summed E-state index contributed by atoms with van der Waals surface area (Å²) in [7, 11) is 0. The predicted molar refractivity (Wildman–Crippen MR) is 146 cm³/mol. The number of urea groups is 1. The number of piperidine rings is 1. The van der Waals surface area contributed by atoms with Crippen molar-refractivity contribution in [1.82, 2.24) is 15.0 Å². The second kappa shape index (κ2) is 10.1. The number of para-hydroxylation sites is 2. The summed E-state index contributed by atoms with van der Waals surface area (Å²) in [5.74, 6) is 1.30. The van der Waals surface area contributed by atoms with E-state index in [0.29, 0.717) is 12.5 Å². The summed E-state index contributed by atoms with van der Waals surface area (Å²) < 4.78 is 0. The molecular weight excluding hydrogens is 466 g/mol. The Morgan fingerprint density at radius 1 is 0.973 bits per heavy atom. The fraction of sp³-hybridized carbons (Fsp3) is 0.321. The van der Waals surface area contributed by atoms with Crippen LogP contribution in [0.2, 0.25) is 0 Å². The standard InChI is InChI=1S/C28H31N7O2/c36-22-11-14-34(17-22)25-9-2-1-8-24(25)33-28(37)32-21-7-3-5-19(15-21)20-6-4-13-35(16-20)27-23-10-12-29-26(23)30-18-31-27/h1-3,5,7-10,12,15,18,20,22,36H,4,6,11,13-14,16-17H2,(H,29,30,31)(H2,32,33,37)/t20?,22-/m0/s1. The Balaban J connectivity index is 1.14. The number of aromatic amines is 1. The first kappa shape index (κ1) is 23.3. The average molecular weight is 498 g/mol. The zero-order valence-corrected chi connectivity index (χ0v) is 20.6. The quantitative estimate of drug-likeness (QED) is 0.322. The third-order valence-electron chi connectivity index (χ3n) is 7.33. The summed E-state index contributed by atoms with van der Waals surface area (Å²) in [6.07, 6.45) is 6.08. The Bertz CT molecular complexity index is 1400. The van der Waals surface area contributed by atoms with E-state index in [-0.39, 0.29) is 12.1 Å². The Labute approximate surface area is 215 Å². The third-order valence-corrected chi connectivity index (χ3v) is 7.33. The molecule has 0 spiro atoms. The first-order valence-electron chi connectivity index (χ1n) is 12.9. The number of nitrogens with zero attached hydrogens (tertiary/aromatic N) is 4. The first-order valence-corrected chi connectivity index (χ1v) is 12.9. The average Bonchev–Trinajstić information content (AvgIpc) is 3.58. The molecule has 0 aliphatic carbocycles. The molecule has 2 aromatic carbocycles. The Kier molecular flexibility index (Phi) is 6.36. The normalized spacial score (nSPS) is 19.8. The predicted octanol–water partition coefficient (Wildman–Crippen LogP) is 4.56. The number of rotatable bonds is 5. The van der Waals surface area contributed by atoms with Gasteiger partial charge in [-0.15, -0.1) is 0 Å². The number of hydrogen-bond donors (Lipinski definition) is 4. The van der Waals surface area contributed by atoms with Crippen LogP contribution in [0, 0.1) is 0 Å². The molecule has 2 aliphatic rings. The van der Waals surface area contributed by atoms with Gasteiger partial charge in [-0.1, -0.05) is 24.3 Å². The Morgan fingerprint density at radius 2 is 1.89 bits per heavy atom. The second-order valence-corrected chi connectivity index (χ2v) is 9.83. The van der Waals surface area contributed by atoms with Crippen LogP contribution in [-0.2, 0) is 0 Å². The largest absolute Gasteiger partial charge is 0.391 e. The van der Waals surface area contributed by atoms with E-state index in [0.717, 1.165) is 72.8 Å². The maximum Gasteiger partial charge on any atom is 0.323 e. The van der Waals surface area contributed by atoms with Crippen molar-refractivity contribution in [2.24, 2.45) is 0 Å². The highest BCUT2D eigenvalue weighted by Crippen LogP contribution is 2.33. The molecule has 9 nitrogen and oxygen atoms in total. The lowest BCUT2D eigenvalue weighted by Crippen LogP contribution is -2.35. The zero-order valence-electron chi connectivity index (χ0n) is 20.6. The minimum Gasteiger partial charge on any atom is -0.391 e. The van der Waals surface area contributed by atoms with Crippen LogP contribution in [0.1, 0.15) is 30.7 Å². The maximum atomic E-state index is 12.9. The fourth-order valence-electron chi connectivity index (χ4n) is 5.52. The van der Waals surface area contributed by atoms with Crippen molar-refractivity contribution < 1.29 is 9.90 Å². The molecule has 4 aromatic rings. The maximum absolute atomic E-state index is 12.9. The molecule has 2 amide bonds. The van der Waals surface area contributed by atoms with Crippen molar-refractivity contribution in [1.29, 1.82) is 0 Å². The van der Waals surface area contributed by atoms with Crippen LogP contribution in [0.3, 0.4) is 0 Å². The van der Waals surface area contributed by atoms with E-state index < -0.39 is 0 Å². The smallest absolute Gasteiger partial charge is 0.323 e. The monoisotopic (exact) mass is 497 g/mol. The van der Waals surface area contributed by atoms with Crippen molar-refractivity contribution in [3.8, 4) is 0 Å². The van der Waals surface area contributed by atoms with Crippen LogP contribution in [0.15, 0.2) is 67.1 Å². The summed E-state index contributed by atoms with van der Waals surface area (Å²) in [4.78, 5) is 29.4. The van der Waals surface area contributed by atoms with Gasteiger partial charge in [0.25, 0.3) is 0 Å². The molecule has 0 saturated carbocycles. The van der Waals surface area contributed by atoms with Crippen molar-refractivity contribution in [3.05, 3.63) is 72.7 Å². The molecule has 0 radical (unpaired) electrons. The molecule has 2 aliphatic heterocycles. The molecule has 4 heterocycles. The SMILES string of the molecule is O=C(Nc1cccc(C2CCCN(c3ncnc4[nH]ccc34)C2)c1)Nc1ccccc1N1CC[C@H](O)C1. The van der Waals surface area contributed by atoms with E-state index in [1.807, 2.05) is 48.7 Å². The van der Waals surface area contributed by atoms with Crippen LogP contribution in [0.5, 0.6) is 0 Å². The van der Waals surface area contributed by atoms with Gasteiger partial charge in [-0.25, -0.2) is 14.8 Å². The summed E-state index contributed by atoms with van der Waals surface area (Å²) in [6, 6.07) is 17.6. The fourth-order valence-corrected chi connectivity index (χ4v) is 5.52. The minimum absolute atomic E-state index is 0.287. The van der Waals surface area contributed by atoms with E-state index in [9.17, 15) is 9.90 Å². The molecule has 2 saturated heterocycles. The molecular formula is C28H31N7O2. The van der Waals surface area contributed by atoms with Gasteiger partial charge in [0.2, 0.25) is 0 Å². The Morgan fingerprint density at radius 3 is 2.78 bits per heavy atom. The summed E-state index contributed by atoms with van der Waals surface area (Å²) in [5, 5.41) is 17.0. The molecule has 190 valence electrons. The highest BCUT2D eigenvalue weighted by atomic mass is 16.3. The number of fused-ring (bicyclic) bond motifs is 1. The third kappa shape index (κ3) is 4.95. The van der Waals surface area contributed by atoms with Gasteiger partial charge in [0.1, 0.15) is 17.8 Å². The van der Waals surface area contributed by atoms with Gasteiger partial charge in [-0.2, -0.15) is 0 Å². The number of aromatic nitrogens is 3. The van der Waals surface area contributed by atoms with E-state index >= 15 is 0 Å². The second-order valence-electron chi connectivity index (χ2n) is 9.83. The number of nitrogens with one attached hydrogen (secondary N) is 3. The molecule has 4 N–H and O–H groups in total. The minimum atomic E-state index is -0.330. The van der Waals surface area contributed by atoms with Crippen molar-refractivity contribution >= 4 is 39.9 Å². The van der Waals surface area contributed by atoms with Gasteiger partial charge in [0.05, 0.1) is 22.9 Å². The van der Waals surface area contributed by atoms with Crippen LogP contribution >= 0.6 is 0 Å². The van der Waals surface area contributed by atoms with Crippen LogP contribution in [-0.4, -0.2) is 58.4 Å². The van der Waals surface area contributed by atoms with Crippen molar-refractivity contribution in [3.63, 3.8) is 0 Å². The number of carbonyl (C=O) groups is 1. The van der Waals surface area contributed by atoms with E-state index in [2.05, 4.69) is 47.5 Å². The van der Waals surface area contributed by atoms with Gasteiger partial charge in [-0.05, 0) is 55.2 Å². The molecule has 2 fully saturated rings. The molecule has 37 heavy (non-hydrogen) atoms. The van der Waals surface area contributed by atoms with Gasteiger partial charge in [0.15, 0.2) is 0 Å². The molecule has 1 unspecified atom stereocenters. The molecule has 6 rings (SSSR count).